The zero-order chi connectivity index (χ0) is 85.3. The smallest absolute Gasteiger partial charge is 0.481 e. The van der Waals surface area contributed by atoms with E-state index in [-0.39, 0.29) is 56.8 Å². The molecule has 5 aliphatic rings. The first-order valence-corrected chi connectivity index (χ1v) is 43.3. The van der Waals surface area contributed by atoms with E-state index in [9.17, 15) is 45.0 Å². The monoisotopic (exact) mass is 1850 g/mol. The van der Waals surface area contributed by atoms with E-state index in [2.05, 4.69) is 63.1 Å². The molecule has 3 N–H and O–H groups in total. The van der Waals surface area contributed by atoms with Crippen LogP contribution < -0.4 is 0 Å². The van der Waals surface area contributed by atoms with E-state index in [0.717, 1.165) is 114 Å². The van der Waals surface area contributed by atoms with Crippen molar-refractivity contribution in [3.8, 4) is 12.1 Å². The zero-order valence-corrected chi connectivity index (χ0v) is 75.0. The number of benzene rings is 10. The Bertz CT molecular complexity index is 4840. The first-order chi connectivity index (χ1) is 58.8. The summed E-state index contributed by atoms with van der Waals surface area (Å²) >= 11 is 6.03. The number of ether oxygens (including phenoxy) is 2. The number of carboxylic acid groups (broad SMARTS) is 1. The van der Waals surface area contributed by atoms with Crippen molar-refractivity contribution in [2.45, 2.75) is 147 Å². The van der Waals surface area contributed by atoms with Gasteiger partial charge in [-0.25, -0.2) is 0 Å². The maximum Gasteiger partial charge on any atom is 3.00 e. The van der Waals surface area contributed by atoms with Crippen LogP contribution in [0.25, 0.3) is 0 Å². The quantitative estimate of drug-likeness (QED) is 0.0340. The Balaban J connectivity index is 0.000000160. The number of carboxylic acids is 1. The van der Waals surface area contributed by atoms with Crippen LogP contribution >= 0.6 is 11.6 Å². The second-order valence-electron chi connectivity index (χ2n) is 33.3. The molecule has 16 nitrogen and oxygen atoms in total. The minimum Gasteiger partial charge on any atom is -0.481 e. The van der Waals surface area contributed by atoms with E-state index < -0.39 is 44.6 Å². The Morgan fingerprint density at radius 1 is 0.484 bits per heavy atom. The summed E-state index contributed by atoms with van der Waals surface area (Å²) in [6.07, 6.45) is 10.1. The molecular formula is C104H116BiClN7O9+3. The fourth-order valence-corrected chi connectivity index (χ4v) is 19.1. The molecule has 5 aliphatic heterocycles. The average molecular weight is 1850 g/mol. The molecule has 0 spiro atoms. The van der Waals surface area contributed by atoms with E-state index >= 15 is 0 Å². The molecule has 0 saturated carbocycles. The Kier molecular flexibility index (Phi) is 33.3. The molecule has 2 radical (unpaired) electrons. The van der Waals surface area contributed by atoms with Gasteiger partial charge in [-0.2, -0.15) is 10.5 Å². The molecule has 15 rings (SSSR count). The zero-order valence-electron chi connectivity index (χ0n) is 70.8. The number of aliphatic hydroxyl groups is 2. The molecule has 4 atom stereocenters. The van der Waals surface area contributed by atoms with Crippen molar-refractivity contribution in [3.63, 3.8) is 0 Å². The van der Waals surface area contributed by atoms with Crippen LogP contribution in [0.15, 0.2) is 297 Å². The molecule has 2 bridgehead atoms. The Morgan fingerprint density at radius 3 is 1.17 bits per heavy atom. The van der Waals surface area contributed by atoms with Gasteiger partial charge >= 0.3 is 44.1 Å². The predicted octanol–water partition coefficient (Wildman–Crippen LogP) is 17.1. The molecule has 5 saturated heterocycles. The number of likely N-dealkylation sites (N-methyl/N-ethyl adjacent to an activating group) is 1. The van der Waals surface area contributed by atoms with E-state index in [1.54, 1.807) is 4.90 Å². The Morgan fingerprint density at radius 2 is 0.820 bits per heavy atom. The summed E-state index contributed by atoms with van der Waals surface area (Å²) in [6, 6.07) is 103. The number of hydrogen-bond acceptors (Lipinski definition) is 14. The van der Waals surface area contributed by atoms with Crippen molar-refractivity contribution in [2.75, 3.05) is 93.3 Å². The molecule has 10 aromatic rings. The maximum atomic E-state index is 13.8. The van der Waals surface area contributed by atoms with Crippen molar-refractivity contribution in [1.82, 2.24) is 24.5 Å². The molecule has 1 unspecified atom stereocenters. The SMILES string of the molecule is CCOC(=O)C1(c2ccccc2)CCN(CCC(C#N)(c2ccccc2)c2ccccc2)CC1.CN(C)C(=O)C(CCN1CCC(O)(c2ccc(Cl)cc2)CC1)(c1ccccc1)c1ccccc1.CN1[C@@H]2CC[C@H]1C[C@@H](OC(=O)C(CO)c1ccccc1)C2.N#CC(CCN1CCC(C(=O)O)(c2ccccc2)CC1)(c1ccccc1)c1ccccc1.[Bi+3]. The summed E-state index contributed by atoms with van der Waals surface area (Å²) in [5.74, 6) is -1.65. The molecule has 1 amide bonds. The van der Waals surface area contributed by atoms with Gasteiger partial charge in [-0.15, -0.1) is 0 Å². The van der Waals surface area contributed by atoms with Crippen LogP contribution in [-0.2, 0) is 61.3 Å². The number of hydrogen-bond donors (Lipinski definition) is 3. The number of halogens is 1. The van der Waals surface area contributed by atoms with Gasteiger partial charge in [0.2, 0.25) is 5.91 Å². The third kappa shape index (κ3) is 21.6. The molecule has 18 heteroatoms. The number of amides is 1. The second kappa shape index (κ2) is 43.9. The molecule has 0 aromatic heterocycles. The number of nitrogens with zero attached hydrogens (tertiary/aromatic N) is 7. The summed E-state index contributed by atoms with van der Waals surface area (Å²) in [7, 11) is 5.83. The van der Waals surface area contributed by atoms with Gasteiger partial charge < -0.3 is 49.3 Å². The van der Waals surface area contributed by atoms with Gasteiger partial charge in [-0.05, 0) is 198 Å². The number of carbonyl (C=O) groups excluding carboxylic acids is 3. The van der Waals surface area contributed by atoms with Crippen LogP contribution in [0.2, 0.25) is 5.02 Å². The molecule has 5 heterocycles. The Hall–Kier alpha value is -10.0. The van der Waals surface area contributed by atoms with E-state index in [4.69, 9.17) is 21.1 Å². The van der Waals surface area contributed by atoms with E-state index in [0.29, 0.717) is 94.6 Å². The molecule has 5 fully saturated rings. The van der Waals surface area contributed by atoms with Gasteiger partial charge in [0, 0.05) is 57.4 Å². The number of esters is 2. The fourth-order valence-electron chi connectivity index (χ4n) is 19.0. The van der Waals surface area contributed by atoms with Gasteiger partial charge in [-0.1, -0.05) is 297 Å². The molecule has 10 aromatic carbocycles. The van der Waals surface area contributed by atoms with Gasteiger partial charge in [0.25, 0.3) is 0 Å². The van der Waals surface area contributed by atoms with Crippen LogP contribution in [0, 0.1) is 22.7 Å². The number of likely N-dealkylation sites (tertiary alicyclic amines) is 3. The van der Waals surface area contributed by atoms with Crippen LogP contribution in [0.1, 0.15) is 152 Å². The second-order valence-corrected chi connectivity index (χ2v) is 33.7. The van der Waals surface area contributed by atoms with Gasteiger partial charge in [0.15, 0.2) is 0 Å². The largest absolute Gasteiger partial charge is 3.00 e. The molecule has 630 valence electrons. The number of nitriles is 2. The predicted molar refractivity (Wildman–Crippen MR) is 483 cm³/mol. The van der Waals surface area contributed by atoms with Crippen molar-refractivity contribution in [1.29, 1.82) is 10.5 Å². The van der Waals surface area contributed by atoms with E-state index in [1.165, 1.54) is 12.8 Å². The first-order valence-electron chi connectivity index (χ1n) is 42.9. The molecule has 122 heavy (non-hydrogen) atoms. The summed E-state index contributed by atoms with van der Waals surface area (Å²) in [6.45, 7) is 8.85. The average Bonchev–Trinajstić information content (AvgIpc) is 0.807. The van der Waals surface area contributed by atoms with Crippen molar-refractivity contribution in [3.05, 3.63) is 358 Å². The van der Waals surface area contributed by atoms with Crippen LogP contribution in [-0.4, -0.2) is 201 Å². The number of rotatable bonds is 26. The minimum atomic E-state index is -0.837. The van der Waals surface area contributed by atoms with Gasteiger partial charge in [0.1, 0.15) is 28.3 Å². The topological polar surface area (TPSA) is 211 Å². The third-order valence-corrected chi connectivity index (χ3v) is 26.6. The molecule has 0 aliphatic carbocycles. The van der Waals surface area contributed by atoms with Gasteiger partial charge in [0.05, 0.1) is 41.8 Å². The number of aliphatic hydroxyl groups excluding tert-OH is 1. The third-order valence-electron chi connectivity index (χ3n) is 26.4. The summed E-state index contributed by atoms with van der Waals surface area (Å²) < 4.78 is 11.2. The first kappa shape index (κ1) is 92.7. The summed E-state index contributed by atoms with van der Waals surface area (Å²) in [5, 5.41) is 52.3. The van der Waals surface area contributed by atoms with Crippen molar-refractivity contribution in [2.24, 2.45) is 0 Å². The van der Waals surface area contributed by atoms with Crippen LogP contribution in [0.5, 0.6) is 0 Å². The minimum absolute atomic E-state index is 0. The fraction of sp³-hybridized carbons (Fsp3) is 0.365. The van der Waals surface area contributed by atoms with Crippen LogP contribution in [0.3, 0.4) is 0 Å². The number of aliphatic carboxylic acids is 1. The van der Waals surface area contributed by atoms with Crippen LogP contribution in [0.4, 0.5) is 0 Å². The van der Waals surface area contributed by atoms with Crippen molar-refractivity contribution >= 4 is 61.6 Å². The summed E-state index contributed by atoms with van der Waals surface area (Å²) in [4.78, 5) is 62.7. The Labute approximate surface area is 745 Å². The number of fused-ring (bicyclic) bond motifs is 2. The number of carbonyl (C=O) groups is 4. The van der Waals surface area contributed by atoms with E-state index in [1.807, 2.05) is 294 Å². The summed E-state index contributed by atoms with van der Waals surface area (Å²) in [5.41, 5.74) is 5.23. The van der Waals surface area contributed by atoms with Gasteiger partial charge in [-0.3, -0.25) is 19.2 Å². The standard InChI is InChI=1S/C30H32N2O2.C29H33ClN2O2.C28H28N2O2.C17H23NO3.Bi/c1-2-34-28(33)29(25-12-6-3-7-13-25)18-21-32(22-19-29)23-20-30(24-31,26-14-8-4-9-15-26)27-16-10-5-11-17-27;1-31(2)27(33)29(24-9-5-3-6-10-24,25-11-7-4-8-12-25)19-22-32-20-17-28(34,18-21-32)23-13-15-26(30)16-14-23;29-22-28(24-12-6-2-7-13-24,25-14-8-3-9-15-25)18-21-30-19-16-27(17-20-30,26(31)32)23-10-4-1-5-11-23;1-18-13-7-8-14(18)10-15(9-13)21-17(20)16(11-19)12-5-3-2-4-6-12;/h3-17H,2,18-23H2,1H3;3-16,34H,17-22H2,1-2H3;1-15H,16-21H2,(H,31,32);2-6,13-16,19H,7-11H2,1H3;/q;;;;+3/t;;;13-,14+,15+,16?;. The molecular weight excluding hydrogens is 1740 g/mol. The maximum absolute atomic E-state index is 13.8. The van der Waals surface area contributed by atoms with Crippen molar-refractivity contribution < 1.29 is 44.0 Å². The number of piperidine rings is 4. The normalized spacial score (nSPS) is 18.4.